The number of hydrogen-bond donors (Lipinski definition) is 1. The quantitative estimate of drug-likeness (QED) is 0.574. The largest absolute Gasteiger partial charge is 0.492 e. The third-order valence-corrected chi connectivity index (χ3v) is 6.34. The lowest BCUT2D eigenvalue weighted by molar-refractivity contribution is -0.121. The van der Waals surface area contributed by atoms with Crippen LogP contribution in [0.5, 0.6) is 11.5 Å². The molecule has 170 valence electrons. The van der Waals surface area contributed by atoms with E-state index in [0.717, 1.165) is 6.42 Å². The van der Waals surface area contributed by atoms with Crippen molar-refractivity contribution in [2.75, 3.05) is 30.0 Å². The molecule has 1 aliphatic heterocycles. The summed E-state index contributed by atoms with van der Waals surface area (Å²) in [6.07, 6.45) is 7.81. The highest BCUT2D eigenvalue weighted by atomic mass is 35.5. The number of carbonyl (C=O) groups is 2. The number of amides is 2. The monoisotopic (exact) mass is 456 g/mol. The molecule has 2 aromatic carbocycles. The summed E-state index contributed by atoms with van der Waals surface area (Å²) in [7, 11) is 0. The van der Waals surface area contributed by atoms with Crippen LogP contribution in [0.15, 0.2) is 42.5 Å². The molecule has 0 unspecified atom stereocenters. The second-order valence-electron chi connectivity index (χ2n) is 8.41. The molecule has 0 atom stereocenters. The van der Waals surface area contributed by atoms with E-state index in [1.54, 1.807) is 41.3 Å². The van der Waals surface area contributed by atoms with Crippen molar-refractivity contribution in [1.29, 1.82) is 0 Å². The molecule has 0 spiro atoms. The maximum Gasteiger partial charge on any atom is 0.265 e. The Morgan fingerprint density at radius 2 is 1.91 bits per heavy atom. The molecule has 2 aliphatic rings. The molecule has 1 heterocycles. The Labute approximate surface area is 193 Å². The summed E-state index contributed by atoms with van der Waals surface area (Å²) >= 11 is 5.90. The highest BCUT2D eigenvalue weighted by molar-refractivity contribution is 6.30. The van der Waals surface area contributed by atoms with Gasteiger partial charge in [-0.3, -0.25) is 9.59 Å². The highest BCUT2D eigenvalue weighted by Gasteiger charge is 2.26. The van der Waals surface area contributed by atoms with Crippen LogP contribution in [-0.4, -0.2) is 31.6 Å². The Hall–Kier alpha value is -2.73. The summed E-state index contributed by atoms with van der Waals surface area (Å²) in [6.45, 7) is 0.683. The Balaban J connectivity index is 1.35. The SMILES string of the molecule is O=C(CCC1CCCCC1)Nc1ccc2c(c1)N(CCOc1ccc(Cl)cc1)C(=O)CO2. The molecule has 7 heteroatoms. The smallest absolute Gasteiger partial charge is 0.265 e. The second-order valence-corrected chi connectivity index (χ2v) is 8.85. The molecule has 32 heavy (non-hydrogen) atoms. The Morgan fingerprint density at radius 3 is 2.69 bits per heavy atom. The lowest BCUT2D eigenvalue weighted by atomic mass is 9.86. The highest BCUT2D eigenvalue weighted by Crippen LogP contribution is 2.35. The van der Waals surface area contributed by atoms with Gasteiger partial charge >= 0.3 is 0 Å². The molecule has 0 bridgehead atoms. The van der Waals surface area contributed by atoms with Gasteiger partial charge in [-0.1, -0.05) is 43.7 Å². The zero-order valence-corrected chi connectivity index (χ0v) is 18.9. The molecular formula is C25H29ClN2O4. The third-order valence-electron chi connectivity index (χ3n) is 6.09. The zero-order chi connectivity index (χ0) is 22.3. The van der Waals surface area contributed by atoms with E-state index in [9.17, 15) is 9.59 Å². The average molecular weight is 457 g/mol. The summed E-state index contributed by atoms with van der Waals surface area (Å²) in [5.74, 6) is 1.85. The van der Waals surface area contributed by atoms with Crippen LogP contribution in [0.3, 0.4) is 0 Å². The first-order valence-electron chi connectivity index (χ1n) is 11.3. The summed E-state index contributed by atoms with van der Waals surface area (Å²) in [6, 6.07) is 12.5. The van der Waals surface area contributed by atoms with E-state index in [2.05, 4.69) is 5.32 Å². The average Bonchev–Trinajstić information content (AvgIpc) is 2.81. The molecule has 0 aromatic heterocycles. The normalized spacial score (nSPS) is 16.3. The van der Waals surface area contributed by atoms with Gasteiger partial charge in [-0.15, -0.1) is 0 Å². The minimum Gasteiger partial charge on any atom is -0.492 e. The summed E-state index contributed by atoms with van der Waals surface area (Å²) < 4.78 is 11.3. The molecule has 0 radical (unpaired) electrons. The van der Waals surface area contributed by atoms with E-state index in [1.165, 1.54) is 32.1 Å². The molecule has 2 amide bonds. The van der Waals surface area contributed by atoms with Gasteiger partial charge < -0.3 is 19.7 Å². The number of fused-ring (bicyclic) bond motifs is 1. The van der Waals surface area contributed by atoms with Crippen molar-refractivity contribution in [3.8, 4) is 11.5 Å². The molecule has 4 rings (SSSR count). The maximum absolute atomic E-state index is 12.5. The number of nitrogens with zero attached hydrogens (tertiary/aromatic N) is 1. The molecule has 1 N–H and O–H groups in total. The topological polar surface area (TPSA) is 67.9 Å². The van der Waals surface area contributed by atoms with E-state index in [1.807, 2.05) is 6.07 Å². The number of carbonyl (C=O) groups excluding carboxylic acids is 2. The Bertz CT molecular complexity index is 941. The number of ether oxygens (including phenoxy) is 2. The number of nitrogens with one attached hydrogen (secondary N) is 1. The minimum atomic E-state index is -0.141. The van der Waals surface area contributed by atoms with Crippen molar-refractivity contribution in [3.05, 3.63) is 47.5 Å². The van der Waals surface area contributed by atoms with Crippen LogP contribution in [0.2, 0.25) is 5.02 Å². The van der Waals surface area contributed by atoms with E-state index < -0.39 is 0 Å². The molecule has 0 saturated heterocycles. The van der Waals surface area contributed by atoms with Crippen molar-refractivity contribution in [2.24, 2.45) is 5.92 Å². The number of rotatable bonds is 8. The maximum atomic E-state index is 12.5. The van der Waals surface area contributed by atoms with Crippen LogP contribution in [-0.2, 0) is 9.59 Å². The molecule has 1 fully saturated rings. The van der Waals surface area contributed by atoms with E-state index in [-0.39, 0.29) is 18.4 Å². The first-order valence-corrected chi connectivity index (χ1v) is 11.7. The van der Waals surface area contributed by atoms with Gasteiger partial charge in [0.1, 0.15) is 18.1 Å². The molecular weight excluding hydrogens is 428 g/mol. The predicted molar refractivity (Wildman–Crippen MR) is 126 cm³/mol. The number of benzene rings is 2. The van der Waals surface area contributed by atoms with Crippen LogP contribution >= 0.6 is 11.6 Å². The van der Waals surface area contributed by atoms with Crippen molar-refractivity contribution in [1.82, 2.24) is 0 Å². The van der Waals surface area contributed by atoms with E-state index in [0.29, 0.717) is 53.4 Å². The lowest BCUT2D eigenvalue weighted by Gasteiger charge is -2.29. The first-order chi connectivity index (χ1) is 15.6. The second kappa shape index (κ2) is 10.7. The van der Waals surface area contributed by atoms with Gasteiger partial charge in [0.2, 0.25) is 5.91 Å². The van der Waals surface area contributed by atoms with Crippen LogP contribution < -0.4 is 19.7 Å². The van der Waals surface area contributed by atoms with Gasteiger partial charge in [-0.05, 0) is 54.8 Å². The third kappa shape index (κ3) is 5.94. The van der Waals surface area contributed by atoms with Gasteiger partial charge in [-0.2, -0.15) is 0 Å². The predicted octanol–water partition coefficient (Wildman–Crippen LogP) is 5.44. The van der Waals surface area contributed by atoms with Gasteiger partial charge in [-0.25, -0.2) is 0 Å². The summed E-state index contributed by atoms with van der Waals surface area (Å²) in [5, 5.41) is 3.62. The van der Waals surface area contributed by atoms with Gasteiger partial charge in [0.25, 0.3) is 5.91 Å². The molecule has 6 nitrogen and oxygen atoms in total. The van der Waals surface area contributed by atoms with Gasteiger partial charge in [0.15, 0.2) is 6.61 Å². The fraction of sp³-hybridized carbons (Fsp3) is 0.440. The van der Waals surface area contributed by atoms with Crippen molar-refractivity contribution in [2.45, 2.75) is 44.9 Å². The Kier molecular flexibility index (Phi) is 7.53. The number of anilines is 2. The van der Waals surface area contributed by atoms with Crippen molar-refractivity contribution < 1.29 is 19.1 Å². The van der Waals surface area contributed by atoms with Gasteiger partial charge in [0.05, 0.1) is 12.2 Å². The zero-order valence-electron chi connectivity index (χ0n) is 18.1. The van der Waals surface area contributed by atoms with Gasteiger partial charge in [0, 0.05) is 17.1 Å². The van der Waals surface area contributed by atoms with Crippen molar-refractivity contribution in [3.63, 3.8) is 0 Å². The summed E-state index contributed by atoms with van der Waals surface area (Å²) in [5.41, 5.74) is 1.31. The number of halogens is 1. The van der Waals surface area contributed by atoms with E-state index in [4.69, 9.17) is 21.1 Å². The molecule has 1 saturated carbocycles. The summed E-state index contributed by atoms with van der Waals surface area (Å²) in [4.78, 5) is 26.6. The van der Waals surface area contributed by atoms with E-state index >= 15 is 0 Å². The number of hydrogen-bond acceptors (Lipinski definition) is 4. The van der Waals surface area contributed by atoms with Crippen LogP contribution in [0.25, 0.3) is 0 Å². The molecule has 1 aliphatic carbocycles. The van der Waals surface area contributed by atoms with Crippen LogP contribution in [0.4, 0.5) is 11.4 Å². The lowest BCUT2D eigenvalue weighted by Crippen LogP contribution is -2.41. The minimum absolute atomic E-state index is 0.0104. The van der Waals surface area contributed by atoms with Crippen LogP contribution in [0, 0.1) is 5.92 Å². The van der Waals surface area contributed by atoms with Crippen LogP contribution in [0.1, 0.15) is 44.9 Å². The standard InChI is InChI=1S/C25H29ClN2O4/c26-19-7-10-21(11-8-19)31-15-14-28-22-16-20(9-12-23(22)32-17-25(28)30)27-24(29)13-6-18-4-2-1-3-5-18/h7-12,16,18H,1-6,13-15,17H2,(H,27,29). The fourth-order valence-corrected chi connectivity index (χ4v) is 4.47. The van der Waals surface area contributed by atoms with Crippen molar-refractivity contribution >= 4 is 34.8 Å². The molecule has 2 aromatic rings. The fourth-order valence-electron chi connectivity index (χ4n) is 4.35. The Morgan fingerprint density at radius 1 is 1.12 bits per heavy atom. The first kappa shape index (κ1) is 22.5.